The van der Waals surface area contributed by atoms with Crippen molar-refractivity contribution in [1.82, 2.24) is 45.6 Å². The van der Waals surface area contributed by atoms with Gasteiger partial charge in [-0.05, 0) is 141 Å². The molecule has 19 heteroatoms. The quantitative estimate of drug-likeness (QED) is 0.0319. The largest absolute Gasteiger partial charge is 0.486 e. The van der Waals surface area contributed by atoms with Crippen molar-refractivity contribution >= 4 is 46.0 Å². The van der Waals surface area contributed by atoms with Crippen LogP contribution in [0.2, 0.25) is 0 Å². The predicted molar refractivity (Wildman–Crippen MR) is 314 cm³/mol. The van der Waals surface area contributed by atoms with Gasteiger partial charge in [-0.2, -0.15) is 5.10 Å². The van der Waals surface area contributed by atoms with E-state index in [2.05, 4.69) is 54.9 Å². The number of aliphatic hydroxyl groups is 2. The van der Waals surface area contributed by atoms with Crippen LogP contribution in [0.3, 0.4) is 0 Å². The SMILES string of the molecule is Cc1c(F)cc(N)c(C=N)c1-c1c(C2CC2)cc2c(N3CC4CCC(C3)N4)n[nH]c2c1OCc1ccc(-c2cn([C@H](C(=O)N3CCC[C@H]3C(=O)N[C@@H](CO)c3ccc(C4=CC=CN(C)C4C)cc3)C(C)CC3CC(O)CCO3)nn2)cc1. The summed E-state index contributed by atoms with van der Waals surface area (Å²) in [6.07, 6.45) is 15.1. The van der Waals surface area contributed by atoms with E-state index in [0.29, 0.717) is 91.0 Å². The standard InChI is InChI=1S/C63H75FN12O6/c1-35(25-46-26-45(78)21-24-81-46)59(63(80)75-23-6-8-55(75)62(79)68-54(33-77)42-17-15-39(16-18-42)47-7-5-22-73(4)37(47)3)76-32-53(69-72-76)41-11-9-38(10-12-41)34-82-60-57(56-36(2)51(64)28-52(66)50(56)29-65)48(40-13-14-40)27-49-58(60)70-71-61(49)74-30-43-19-20-44(31-74)67-43/h5,7,9-12,15-18,22,27-29,32,35,37,40,43-46,54-55,59,65,67,77-78H,6,8,13-14,19-21,23-26,30-31,33-34,66H2,1-4H3,(H,68,79)(H,70,71)/t35?,37?,43?,44?,45?,46?,54-,55-,59-/m0/s1. The summed E-state index contributed by atoms with van der Waals surface area (Å²) in [5, 5.41) is 54.9. The third-order valence-corrected chi connectivity index (χ3v) is 18.2. The molecule has 4 saturated heterocycles. The molecule has 1 saturated carbocycles. The number of piperazine rings is 1. The van der Waals surface area contributed by atoms with Crippen LogP contribution in [0, 0.1) is 24.1 Å². The van der Waals surface area contributed by atoms with Crippen LogP contribution in [0.1, 0.15) is 123 Å². The maximum absolute atomic E-state index is 15.8. The number of nitrogen functional groups attached to an aromatic ring is 1. The lowest BCUT2D eigenvalue weighted by Gasteiger charge is -2.34. The van der Waals surface area contributed by atoms with Crippen LogP contribution in [-0.4, -0.2) is 140 Å². The molecule has 12 rings (SSSR count). The monoisotopic (exact) mass is 1110 g/mol. The highest BCUT2D eigenvalue weighted by molar-refractivity contribution is 6.05. The number of hydrogen-bond donors (Lipinski definition) is 7. The smallest absolute Gasteiger partial charge is 0.248 e. The Kier molecular flexibility index (Phi) is 15.5. The van der Waals surface area contributed by atoms with E-state index in [0.717, 1.165) is 83.4 Å². The van der Waals surface area contributed by atoms with Crippen molar-refractivity contribution < 1.29 is 33.7 Å². The number of likely N-dealkylation sites (tertiary alicyclic amines) is 1. The van der Waals surface area contributed by atoms with Crippen molar-refractivity contribution in [2.24, 2.45) is 5.92 Å². The van der Waals surface area contributed by atoms with E-state index in [9.17, 15) is 15.0 Å². The number of carbonyl (C=O) groups excluding carboxylic acids is 2. The van der Waals surface area contributed by atoms with Crippen LogP contribution >= 0.6 is 0 Å². The van der Waals surface area contributed by atoms with Crippen LogP contribution < -0.4 is 26.0 Å². The summed E-state index contributed by atoms with van der Waals surface area (Å²) in [7, 11) is 2.04. The summed E-state index contributed by atoms with van der Waals surface area (Å²) in [6, 6.07) is 17.9. The number of aromatic nitrogens is 5. The summed E-state index contributed by atoms with van der Waals surface area (Å²) >= 11 is 0. The molecule has 5 aliphatic heterocycles. The van der Waals surface area contributed by atoms with Crippen molar-refractivity contribution in [2.45, 2.75) is 140 Å². The first-order chi connectivity index (χ1) is 39.7. The van der Waals surface area contributed by atoms with Crippen LogP contribution in [-0.2, 0) is 20.9 Å². The molecule has 18 nitrogen and oxygen atoms in total. The molecular weight excluding hydrogens is 1040 g/mol. The number of rotatable bonds is 18. The van der Waals surface area contributed by atoms with Gasteiger partial charge < -0.3 is 56.2 Å². The van der Waals surface area contributed by atoms with E-state index in [-0.39, 0.29) is 54.7 Å². The highest BCUT2D eigenvalue weighted by Crippen LogP contribution is 2.53. The molecule has 6 unspecified atom stereocenters. The molecule has 2 aromatic heterocycles. The number of likely N-dealkylation sites (N-methyl/N-ethyl adjacent to an activating group) is 1. The Morgan fingerprint density at radius 2 is 1.78 bits per heavy atom. The van der Waals surface area contributed by atoms with Gasteiger partial charge in [-0.25, -0.2) is 9.07 Å². The Morgan fingerprint density at radius 1 is 1.02 bits per heavy atom. The number of fused-ring (bicyclic) bond motifs is 3. The number of benzene rings is 4. The maximum Gasteiger partial charge on any atom is 0.248 e. The number of amides is 2. The van der Waals surface area contributed by atoms with Gasteiger partial charge in [-0.3, -0.25) is 14.7 Å². The number of carbonyl (C=O) groups is 2. The fourth-order valence-electron chi connectivity index (χ4n) is 13.4. The molecule has 6 aliphatic rings. The van der Waals surface area contributed by atoms with E-state index in [4.69, 9.17) is 25.7 Å². The number of nitrogens with one attached hydrogen (secondary N) is 4. The Morgan fingerprint density at radius 3 is 2.50 bits per heavy atom. The second-order valence-electron chi connectivity index (χ2n) is 23.7. The summed E-state index contributed by atoms with van der Waals surface area (Å²) in [5.74, 6) is 0.225. The third kappa shape index (κ3) is 10.8. The molecule has 0 radical (unpaired) electrons. The van der Waals surface area contributed by atoms with Crippen LogP contribution in [0.4, 0.5) is 15.9 Å². The van der Waals surface area contributed by atoms with Crippen molar-refractivity contribution in [3.8, 4) is 28.1 Å². The van der Waals surface area contributed by atoms with Gasteiger partial charge >= 0.3 is 0 Å². The lowest BCUT2D eigenvalue weighted by molar-refractivity contribution is -0.143. The fourth-order valence-corrected chi connectivity index (χ4v) is 13.4. The number of anilines is 2. The number of ether oxygens (including phenoxy) is 2. The average molecular weight is 1120 g/mol. The topological polar surface area (TPSA) is 236 Å². The number of nitrogens with zero attached hydrogens (tertiary/aromatic N) is 7. The molecule has 2 amide bonds. The Bertz CT molecular complexity index is 3420. The number of aromatic amines is 1. The second-order valence-corrected chi connectivity index (χ2v) is 23.7. The molecule has 6 aromatic rings. The van der Waals surface area contributed by atoms with Gasteiger partial charge in [0.25, 0.3) is 0 Å². The summed E-state index contributed by atoms with van der Waals surface area (Å²) in [6.45, 7) is 8.17. The van der Waals surface area contributed by atoms with Gasteiger partial charge in [0.15, 0.2) is 11.6 Å². The van der Waals surface area contributed by atoms with Crippen LogP contribution in [0.15, 0.2) is 85.2 Å². The zero-order chi connectivity index (χ0) is 56.9. The molecule has 82 heavy (non-hydrogen) atoms. The van der Waals surface area contributed by atoms with E-state index in [1.807, 2.05) is 74.8 Å². The highest BCUT2D eigenvalue weighted by Gasteiger charge is 2.42. The molecule has 1 aliphatic carbocycles. The van der Waals surface area contributed by atoms with E-state index in [1.54, 1.807) is 22.7 Å². The first kappa shape index (κ1) is 55.1. The summed E-state index contributed by atoms with van der Waals surface area (Å²) < 4.78 is 30.5. The van der Waals surface area contributed by atoms with Crippen LogP contribution in [0.25, 0.3) is 38.9 Å². The van der Waals surface area contributed by atoms with Gasteiger partial charge in [-0.15, -0.1) is 5.10 Å². The Labute approximate surface area is 477 Å². The molecule has 7 heterocycles. The molecule has 8 N–H and O–H groups in total. The number of halogens is 1. The molecule has 0 spiro atoms. The molecule has 2 bridgehead atoms. The zero-order valence-corrected chi connectivity index (χ0v) is 47.2. The highest BCUT2D eigenvalue weighted by atomic mass is 19.1. The second kappa shape index (κ2) is 23.1. The molecular formula is C63H75FN12O6. The molecule has 4 aromatic carbocycles. The minimum absolute atomic E-state index is 0.148. The summed E-state index contributed by atoms with van der Waals surface area (Å²) in [4.78, 5) is 35.6. The number of aliphatic hydroxyl groups excluding tert-OH is 2. The van der Waals surface area contributed by atoms with Gasteiger partial charge in [-0.1, -0.05) is 66.7 Å². The predicted octanol–water partition coefficient (Wildman–Crippen LogP) is 8.09. The lowest BCUT2D eigenvalue weighted by atomic mass is 9.87. The number of allylic oxidation sites excluding steroid dienone is 2. The minimum Gasteiger partial charge on any atom is -0.486 e. The van der Waals surface area contributed by atoms with Crippen molar-refractivity contribution in [3.63, 3.8) is 0 Å². The lowest BCUT2D eigenvalue weighted by Crippen LogP contribution is -2.51. The summed E-state index contributed by atoms with van der Waals surface area (Å²) in [5.41, 5.74) is 15.6. The van der Waals surface area contributed by atoms with Gasteiger partial charge in [0.05, 0.1) is 37.1 Å². The molecule has 430 valence electrons. The van der Waals surface area contributed by atoms with Gasteiger partial charge in [0.2, 0.25) is 11.8 Å². The van der Waals surface area contributed by atoms with E-state index >= 15 is 9.18 Å². The zero-order valence-electron chi connectivity index (χ0n) is 47.2. The van der Waals surface area contributed by atoms with Gasteiger partial charge in [0, 0.05) is 84.9 Å². The third-order valence-electron chi connectivity index (χ3n) is 18.2. The Balaban J connectivity index is 0.804. The van der Waals surface area contributed by atoms with Gasteiger partial charge in [0.1, 0.15) is 35.7 Å². The fraction of sp³-hybridized carbons (Fsp3) is 0.460. The maximum atomic E-state index is 15.8. The first-order valence-corrected chi connectivity index (χ1v) is 29.3. The van der Waals surface area contributed by atoms with Crippen molar-refractivity contribution in [1.29, 1.82) is 5.41 Å². The molecule has 9 atom stereocenters. The van der Waals surface area contributed by atoms with E-state index < -0.39 is 30.0 Å². The number of H-pyrrole nitrogens is 1. The van der Waals surface area contributed by atoms with Crippen molar-refractivity contribution in [2.75, 3.05) is 50.5 Å². The average Bonchev–Trinajstić information content (AvgIpc) is 2.47. The molecule has 5 fully saturated rings. The van der Waals surface area contributed by atoms with E-state index in [1.165, 1.54) is 17.9 Å². The normalized spacial score (nSPS) is 23.7. The van der Waals surface area contributed by atoms with Crippen molar-refractivity contribution in [3.05, 3.63) is 124 Å². The number of hydrogen-bond acceptors (Lipinski definition) is 14. The number of nitrogens with two attached hydrogens (primary N) is 1. The first-order valence-electron chi connectivity index (χ1n) is 29.3. The van der Waals surface area contributed by atoms with Crippen LogP contribution in [0.5, 0.6) is 5.75 Å². The minimum atomic E-state index is -0.857. The Hall–Kier alpha value is -7.45.